The van der Waals surface area contributed by atoms with Crippen LogP contribution in [0.4, 0.5) is 16.5 Å². The van der Waals surface area contributed by atoms with Crippen molar-refractivity contribution in [2.75, 3.05) is 11.9 Å². The largest absolute Gasteiger partial charge is 0.455 e. The third-order valence-electron chi connectivity index (χ3n) is 4.24. The Morgan fingerprint density at radius 1 is 1.03 bits per heavy atom. The van der Waals surface area contributed by atoms with Gasteiger partial charge in [0.2, 0.25) is 9.84 Å². The average Bonchev–Trinajstić information content (AvgIpc) is 3.27. The van der Waals surface area contributed by atoms with Gasteiger partial charge in [-0.05, 0) is 12.1 Å². The smallest absolute Gasteiger partial charge is 0.311 e. The van der Waals surface area contributed by atoms with Crippen LogP contribution in [-0.4, -0.2) is 41.7 Å². The van der Waals surface area contributed by atoms with E-state index in [1.807, 2.05) is 0 Å². The molecule has 0 radical (unpaired) electrons. The predicted molar refractivity (Wildman–Crippen MR) is 117 cm³/mol. The summed E-state index contributed by atoms with van der Waals surface area (Å²) in [6, 6.07) is 9.87. The number of sulfone groups is 1. The molecule has 3 rings (SSSR count). The van der Waals surface area contributed by atoms with Crippen molar-refractivity contribution >= 4 is 49.6 Å². The van der Waals surface area contributed by atoms with Gasteiger partial charge in [0.25, 0.3) is 17.3 Å². The summed E-state index contributed by atoms with van der Waals surface area (Å²) in [7, 11) is -4.03. The molecule has 0 aliphatic carbocycles. The van der Waals surface area contributed by atoms with Gasteiger partial charge in [0.15, 0.2) is 11.7 Å². The maximum Gasteiger partial charge on any atom is 0.311 e. The van der Waals surface area contributed by atoms with Gasteiger partial charge in [-0.1, -0.05) is 29.5 Å². The lowest BCUT2D eigenvalue weighted by atomic mass is 10.1. The summed E-state index contributed by atoms with van der Waals surface area (Å²) in [6.07, 6.45) is 0.594. The Hall–Kier alpha value is -4.24. The summed E-state index contributed by atoms with van der Waals surface area (Å²) in [6.45, 7) is -0.719. The fourth-order valence-corrected chi connectivity index (χ4v) is 5.10. The molecule has 1 amide bonds. The van der Waals surface area contributed by atoms with Crippen LogP contribution in [0.15, 0.2) is 63.8 Å². The van der Waals surface area contributed by atoms with Crippen LogP contribution in [0.5, 0.6) is 0 Å². The molecule has 0 atom stereocenters. The van der Waals surface area contributed by atoms with E-state index in [-0.39, 0.29) is 31.2 Å². The number of nitro groups is 2. The van der Waals surface area contributed by atoms with Crippen molar-refractivity contribution in [3.8, 4) is 0 Å². The summed E-state index contributed by atoms with van der Waals surface area (Å²) >= 11 is 0.635. The highest BCUT2D eigenvalue weighted by Crippen LogP contribution is 2.29. The standard InChI is InChI=1S/C19H14N4O9S2/c24-16(11-32-17(25)9-12-3-1-2-4-15(12)23(28)29)21-19-20-10-18(33-19)34(30,31)14-7-5-13(6-8-14)22(26)27/h1-8,10H,9,11H2,(H,20,21,24). The number of rotatable bonds is 9. The molecule has 2 aromatic carbocycles. The van der Waals surface area contributed by atoms with Crippen molar-refractivity contribution in [1.29, 1.82) is 0 Å². The molecule has 176 valence electrons. The van der Waals surface area contributed by atoms with E-state index in [0.717, 1.165) is 30.5 Å². The molecule has 34 heavy (non-hydrogen) atoms. The molecular weight excluding hydrogens is 492 g/mol. The monoisotopic (exact) mass is 506 g/mol. The number of nitrogens with one attached hydrogen (secondary N) is 1. The third-order valence-corrected chi connectivity index (χ3v) is 7.38. The van der Waals surface area contributed by atoms with Crippen molar-refractivity contribution in [3.63, 3.8) is 0 Å². The zero-order valence-corrected chi connectivity index (χ0v) is 18.6. The number of carbonyl (C=O) groups is 2. The second-order valence-corrected chi connectivity index (χ2v) is 9.72. The summed E-state index contributed by atoms with van der Waals surface area (Å²) in [4.78, 5) is 48.0. The van der Waals surface area contributed by atoms with Crippen molar-refractivity contribution in [3.05, 3.63) is 80.5 Å². The first-order valence-electron chi connectivity index (χ1n) is 9.21. The molecule has 1 N–H and O–H groups in total. The van der Waals surface area contributed by atoms with E-state index in [9.17, 15) is 38.2 Å². The maximum absolute atomic E-state index is 12.6. The maximum atomic E-state index is 12.6. The minimum atomic E-state index is -4.03. The van der Waals surface area contributed by atoms with Crippen molar-refractivity contribution in [1.82, 2.24) is 4.98 Å². The van der Waals surface area contributed by atoms with E-state index in [0.29, 0.717) is 11.3 Å². The molecule has 0 spiro atoms. The quantitative estimate of drug-likeness (QED) is 0.256. The lowest BCUT2D eigenvalue weighted by Gasteiger charge is -2.05. The SMILES string of the molecule is O=C(COC(=O)Cc1ccccc1[N+](=O)[O-])Nc1ncc(S(=O)(=O)c2ccc([N+](=O)[O-])cc2)s1. The van der Waals surface area contributed by atoms with Crippen LogP contribution < -0.4 is 5.32 Å². The van der Waals surface area contributed by atoms with Crippen LogP contribution in [0, 0.1) is 20.2 Å². The number of anilines is 1. The molecule has 0 bridgehead atoms. The van der Waals surface area contributed by atoms with Gasteiger partial charge in [0.1, 0.15) is 4.21 Å². The van der Waals surface area contributed by atoms with E-state index in [1.165, 1.54) is 24.3 Å². The Labute approximate surface area is 195 Å². The minimum Gasteiger partial charge on any atom is -0.455 e. The number of non-ortho nitro benzene ring substituents is 1. The van der Waals surface area contributed by atoms with Crippen molar-refractivity contribution in [2.24, 2.45) is 0 Å². The first-order valence-corrected chi connectivity index (χ1v) is 11.5. The van der Waals surface area contributed by atoms with Gasteiger partial charge in [-0.3, -0.25) is 35.1 Å². The summed E-state index contributed by atoms with van der Waals surface area (Å²) < 4.78 is 29.9. The fourth-order valence-electron chi connectivity index (χ4n) is 2.65. The van der Waals surface area contributed by atoms with Crippen LogP contribution in [0.25, 0.3) is 0 Å². The first kappa shape index (κ1) is 24.4. The number of benzene rings is 2. The molecule has 1 aromatic heterocycles. The van der Waals surface area contributed by atoms with Crippen LogP contribution in [-0.2, 0) is 30.6 Å². The summed E-state index contributed by atoms with van der Waals surface area (Å²) in [5, 5.41) is 23.9. The number of ether oxygens (including phenoxy) is 1. The van der Waals surface area contributed by atoms with E-state index >= 15 is 0 Å². The van der Waals surface area contributed by atoms with Crippen LogP contribution in [0.2, 0.25) is 0 Å². The van der Waals surface area contributed by atoms with Crippen molar-refractivity contribution < 1.29 is 32.6 Å². The number of esters is 1. The Morgan fingerprint density at radius 3 is 2.35 bits per heavy atom. The van der Waals surface area contributed by atoms with E-state index in [1.54, 1.807) is 0 Å². The van der Waals surface area contributed by atoms with Crippen LogP contribution in [0.3, 0.4) is 0 Å². The second-order valence-electron chi connectivity index (χ2n) is 6.51. The number of carbonyl (C=O) groups excluding carboxylic acids is 2. The molecule has 3 aromatic rings. The summed E-state index contributed by atoms with van der Waals surface area (Å²) in [5.74, 6) is -1.67. The lowest BCUT2D eigenvalue weighted by molar-refractivity contribution is -0.385. The number of aromatic nitrogens is 1. The van der Waals surface area contributed by atoms with Crippen LogP contribution in [0.1, 0.15) is 5.56 Å². The molecule has 0 fully saturated rings. The van der Waals surface area contributed by atoms with Gasteiger partial charge < -0.3 is 4.74 Å². The number of amides is 1. The predicted octanol–water partition coefficient (Wildman–Crippen LogP) is 2.52. The Bertz CT molecular complexity index is 1370. The summed E-state index contributed by atoms with van der Waals surface area (Å²) in [5.41, 5.74) is -0.403. The van der Waals surface area contributed by atoms with Gasteiger partial charge in [0, 0.05) is 23.8 Å². The molecule has 0 aliphatic rings. The van der Waals surface area contributed by atoms with Gasteiger partial charge in [-0.25, -0.2) is 13.4 Å². The second kappa shape index (κ2) is 10.1. The zero-order chi connectivity index (χ0) is 24.9. The molecule has 0 saturated carbocycles. The Morgan fingerprint density at radius 2 is 1.71 bits per heavy atom. The molecular formula is C19H14N4O9S2. The lowest BCUT2D eigenvalue weighted by Crippen LogP contribution is -2.21. The van der Waals surface area contributed by atoms with Gasteiger partial charge >= 0.3 is 5.97 Å². The molecule has 0 aliphatic heterocycles. The number of hydrogen-bond donors (Lipinski definition) is 1. The third kappa shape index (κ3) is 5.76. The highest BCUT2D eigenvalue weighted by atomic mass is 32.2. The molecule has 13 nitrogen and oxygen atoms in total. The highest BCUT2D eigenvalue weighted by molar-refractivity contribution is 7.93. The molecule has 0 saturated heterocycles. The van der Waals surface area contributed by atoms with Crippen molar-refractivity contribution in [2.45, 2.75) is 15.5 Å². The molecule has 15 heteroatoms. The number of thiazole rings is 1. The van der Waals surface area contributed by atoms with E-state index in [4.69, 9.17) is 4.74 Å². The number of hydrogen-bond acceptors (Lipinski definition) is 11. The highest BCUT2D eigenvalue weighted by Gasteiger charge is 2.23. The Balaban J connectivity index is 1.58. The van der Waals surface area contributed by atoms with Gasteiger partial charge in [0.05, 0.1) is 27.4 Å². The number of nitro benzene ring substituents is 2. The Kier molecular flexibility index (Phi) is 7.28. The fraction of sp³-hybridized carbons (Fsp3) is 0.105. The number of nitrogens with zero attached hydrogens (tertiary/aromatic N) is 3. The zero-order valence-electron chi connectivity index (χ0n) is 16.9. The minimum absolute atomic E-state index is 0.0831. The van der Waals surface area contributed by atoms with E-state index < -0.39 is 44.6 Å². The van der Waals surface area contributed by atoms with Crippen LogP contribution >= 0.6 is 11.3 Å². The first-order chi connectivity index (χ1) is 16.1. The number of para-hydroxylation sites is 1. The molecule has 0 unspecified atom stereocenters. The van der Waals surface area contributed by atoms with E-state index in [2.05, 4.69) is 10.3 Å². The topological polar surface area (TPSA) is 189 Å². The average molecular weight is 506 g/mol. The van der Waals surface area contributed by atoms with Gasteiger partial charge in [-0.2, -0.15) is 0 Å². The molecule has 1 heterocycles. The normalized spacial score (nSPS) is 10.9. The van der Waals surface area contributed by atoms with Gasteiger partial charge in [-0.15, -0.1) is 0 Å².